The van der Waals surface area contributed by atoms with E-state index in [-0.39, 0.29) is 24.6 Å². The summed E-state index contributed by atoms with van der Waals surface area (Å²) in [4.78, 5) is 45.6. The highest BCUT2D eigenvalue weighted by Gasteiger charge is 2.53. The first-order valence-corrected chi connectivity index (χ1v) is 12.7. The monoisotopic (exact) mass is 523 g/mol. The standard InChI is InChI=1S/C29H30ClNO6/c1-5-36-28(33)23-16(3)31-21-15-19(17-11-8-10-14-22(17)35-4)25(29(34)37-6-2)27(32)26(21)24(23)18-12-7-9-13-20(18)30/h7-14,19,24-26H,5-6,15H2,1-4H3/t19-,24-,25+,26?/m1/s1. The van der Waals surface area contributed by atoms with Gasteiger partial charge >= 0.3 is 11.9 Å². The fraction of sp³-hybridized carbons (Fsp3) is 0.379. The van der Waals surface area contributed by atoms with Crippen LogP contribution in [0.1, 0.15) is 50.2 Å². The van der Waals surface area contributed by atoms with Gasteiger partial charge in [-0.2, -0.15) is 0 Å². The second-order valence-corrected chi connectivity index (χ2v) is 9.39. The number of fused-ring (bicyclic) bond motifs is 1. The molecule has 8 heteroatoms. The van der Waals surface area contributed by atoms with Gasteiger partial charge in [-0.3, -0.25) is 14.6 Å². The number of allylic oxidation sites excluding steroid dienone is 1. The molecule has 0 bridgehead atoms. The topological polar surface area (TPSA) is 91.3 Å². The minimum absolute atomic E-state index is 0.133. The molecule has 1 heterocycles. The SMILES string of the molecule is CCOC(=O)C1=C(C)N=C2C[C@H](c3ccccc3OC)[C@H](C(=O)OCC)C(=O)C2[C@@H]1c1ccccc1Cl. The van der Waals surface area contributed by atoms with E-state index >= 15 is 0 Å². The summed E-state index contributed by atoms with van der Waals surface area (Å²) in [6, 6.07) is 14.4. The van der Waals surface area contributed by atoms with Gasteiger partial charge in [-0.1, -0.05) is 48.0 Å². The molecule has 2 aromatic rings. The van der Waals surface area contributed by atoms with Crippen molar-refractivity contribution in [3.05, 3.63) is 76.0 Å². The number of carbonyl (C=O) groups excluding carboxylic acids is 3. The van der Waals surface area contributed by atoms with Crippen molar-refractivity contribution >= 4 is 35.0 Å². The van der Waals surface area contributed by atoms with Gasteiger partial charge in [0.05, 0.1) is 31.8 Å². The molecule has 0 saturated heterocycles. The molecule has 0 radical (unpaired) electrons. The molecule has 0 aromatic heterocycles. The molecule has 4 rings (SSSR count). The zero-order valence-electron chi connectivity index (χ0n) is 21.3. The molecule has 1 unspecified atom stereocenters. The second-order valence-electron chi connectivity index (χ2n) is 8.98. The van der Waals surface area contributed by atoms with Gasteiger partial charge in [-0.15, -0.1) is 0 Å². The van der Waals surface area contributed by atoms with Gasteiger partial charge in [-0.05, 0) is 50.5 Å². The molecule has 1 saturated carbocycles. The van der Waals surface area contributed by atoms with Gasteiger partial charge in [0.1, 0.15) is 11.7 Å². The molecule has 0 N–H and O–H groups in total. The maximum Gasteiger partial charge on any atom is 0.336 e. The maximum absolute atomic E-state index is 14.3. The molecular formula is C29H30ClNO6. The first-order chi connectivity index (χ1) is 17.8. The number of aliphatic imine (C=N–C) groups is 1. The number of nitrogens with zero attached hydrogens (tertiary/aromatic N) is 1. The summed E-state index contributed by atoms with van der Waals surface area (Å²) in [5, 5.41) is 0.413. The Bertz CT molecular complexity index is 1280. The summed E-state index contributed by atoms with van der Waals surface area (Å²) >= 11 is 6.61. The highest BCUT2D eigenvalue weighted by Crippen LogP contribution is 2.50. The van der Waals surface area contributed by atoms with Gasteiger partial charge in [-0.25, -0.2) is 4.79 Å². The summed E-state index contributed by atoms with van der Waals surface area (Å²) < 4.78 is 16.3. The van der Waals surface area contributed by atoms with Crippen LogP contribution in [-0.4, -0.2) is 43.8 Å². The van der Waals surface area contributed by atoms with Crippen LogP contribution in [0.25, 0.3) is 0 Å². The molecule has 194 valence electrons. The number of hydrogen-bond acceptors (Lipinski definition) is 7. The normalized spacial score (nSPS) is 23.2. The average Bonchev–Trinajstić information content (AvgIpc) is 2.88. The number of rotatable bonds is 7. The number of esters is 2. The van der Waals surface area contributed by atoms with Crippen LogP contribution >= 0.6 is 11.6 Å². The Kier molecular flexibility index (Phi) is 8.13. The van der Waals surface area contributed by atoms with Gasteiger partial charge in [0.15, 0.2) is 5.78 Å². The number of hydrogen-bond donors (Lipinski definition) is 0. The Labute approximate surface area is 221 Å². The number of ketones is 1. The van der Waals surface area contributed by atoms with Crippen molar-refractivity contribution in [1.82, 2.24) is 0 Å². The maximum atomic E-state index is 14.3. The zero-order chi connectivity index (χ0) is 26.7. The van der Waals surface area contributed by atoms with Crippen LogP contribution in [0.3, 0.4) is 0 Å². The fourth-order valence-corrected chi connectivity index (χ4v) is 5.74. The summed E-state index contributed by atoms with van der Waals surface area (Å²) in [6.45, 7) is 5.46. The number of para-hydroxylation sites is 1. The van der Waals surface area contributed by atoms with E-state index in [1.807, 2.05) is 18.2 Å². The molecular weight excluding hydrogens is 494 g/mol. The zero-order valence-corrected chi connectivity index (χ0v) is 22.1. The van der Waals surface area contributed by atoms with E-state index in [0.717, 1.165) is 5.56 Å². The smallest absolute Gasteiger partial charge is 0.336 e. The second kappa shape index (κ2) is 11.3. The summed E-state index contributed by atoms with van der Waals surface area (Å²) in [6.07, 6.45) is 0.314. The Hall–Kier alpha value is -3.45. The lowest BCUT2D eigenvalue weighted by Gasteiger charge is -2.41. The van der Waals surface area contributed by atoms with E-state index in [4.69, 9.17) is 30.8 Å². The highest BCUT2D eigenvalue weighted by atomic mass is 35.5. The first-order valence-electron chi connectivity index (χ1n) is 12.4. The van der Waals surface area contributed by atoms with Crippen molar-refractivity contribution in [2.75, 3.05) is 20.3 Å². The molecule has 1 fully saturated rings. The predicted octanol–water partition coefficient (Wildman–Crippen LogP) is 5.28. The van der Waals surface area contributed by atoms with Gasteiger partial charge in [0.2, 0.25) is 0 Å². The fourth-order valence-electron chi connectivity index (χ4n) is 5.49. The lowest BCUT2D eigenvalue weighted by molar-refractivity contribution is -0.153. The average molecular weight is 524 g/mol. The molecule has 0 spiro atoms. The van der Waals surface area contributed by atoms with Crippen molar-refractivity contribution in [3.63, 3.8) is 0 Å². The van der Waals surface area contributed by atoms with Crippen LogP contribution in [0.2, 0.25) is 5.02 Å². The third kappa shape index (κ3) is 4.92. The van der Waals surface area contributed by atoms with Crippen LogP contribution < -0.4 is 4.74 Å². The minimum atomic E-state index is -1.10. The number of carbonyl (C=O) groups is 3. The van der Waals surface area contributed by atoms with E-state index in [9.17, 15) is 14.4 Å². The van der Waals surface area contributed by atoms with Crippen molar-refractivity contribution < 1.29 is 28.6 Å². The molecule has 1 aliphatic carbocycles. The van der Waals surface area contributed by atoms with Crippen molar-refractivity contribution in [2.45, 2.75) is 39.0 Å². The molecule has 7 nitrogen and oxygen atoms in total. The number of Topliss-reactive ketones (excluding diaryl/α,β-unsaturated/α-hetero) is 1. The summed E-state index contributed by atoms with van der Waals surface area (Å²) in [5.74, 6) is -4.21. The van der Waals surface area contributed by atoms with E-state index in [0.29, 0.717) is 34.2 Å². The third-order valence-electron chi connectivity index (χ3n) is 6.96. The van der Waals surface area contributed by atoms with E-state index in [2.05, 4.69) is 0 Å². The molecule has 4 atom stereocenters. The Morgan fingerprint density at radius 2 is 1.62 bits per heavy atom. The van der Waals surface area contributed by atoms with Crippen LogP contribution in [0.5, 0.6) is 5.75 Å². The van der Waals surface area contributed by atoms with Crippen LogP contribution in [0.15, 0.2) is 64.8 Å². The highest BCUT2D eigenvalue weighted by molar-refractivity contribution is 6.31. The number of methoxy groups -OCH3 is 1. The van der Waals surface area contributed by atoms with Crippen molar-refractivity contribution in [1.29, 1.82) is 0 Å². The Morgan fingerprint density at radius 1 is 0.973 bits per heavy atom. The van der Waals surface area contributed by atoms with Crippen molar-refractivity contribution in [3.8, 4) is 5.75 Å². The van der Waals surface area contributed by atoms with E-state index in [1.165, 1.54) is 0 Å². The first kappa shape index (κ1) is 26.6. The molecule has 0 amide bonds. The Morgan fingerprint density at radius 3 is 2.27 bits per heavy atom. The number of halogens is 1. The van der Waals surface area contributed by atoms with Crippen LogP contribution in [0.4, 0.5) is 0 Å². The minimum Gasteiger partial charge on any atom is -0.496 e. The van der Waals surface area contributed by atoms with Gasteiger partial charge < -0.3 is 14.2 Å². The Balaban J connectivity index is 1.93. The van der Waals surface area contributed by atoms with Gasteiger partial charge in [0, 0.05) is 28.3 Å². The van der Waals surface area contributed by atoms with Crippen LogP contribution in [-0.2, 0) is 23.9 Å². The van der Waals surface area contributed by atoms with Crippen LogP contribution in [0, 0.1) is 11.8 Å². The lowest BCUT2D eigenvalue weighted by Crippen LogP contribution is -2.48. The molecule has 2 aromatic carbocycles. The molecule has 37 heavy (non-hydrogen) atoms. The van der Waals surface area contributed by atoms with E-state index < -0.39 is 35.6 Å². The quantitative estimate of drug-likeness (QED) is 0.362. The summed E-state index contributed by atoms with van der Waals surface area (Å²) in [5.41, 5.74) is 2.67. The number of ether oxygens (including phenoxy) is 3. The van der Waals surface area contributed by atoms with E-state index in [1.54, 1.807) is 58.2 Å². The largest absolute Gasteiger partial charge is 0.496 e. The predicted molar refractivity (Wildman–Crippen MR) is 140 cm³/mol. The molecule has 1 aliphatic heterocycles. The molecule has 2 aliphatic rings. The number of benzene rings is 2. The van der Waals surface area contributed by atoms with Crippen molar-refractivity contribution in [2.24, 2.45) is 16.8 Å². The lowest BCUT2D eigenvalue weighted by atomic mass is 9.62. The third-order valence-corrected chi connectivity index (χ3v) is 7.31. The van der Waals surface area contributed by atoms with Gasteiger partial charge in [0.25, 0.3) is 0 Å². The summed E-state index contributed by atoms with van der Waals surface area (Å²) in [7, 11) is 1.55.